The number of hydrogen-bond donors (Lipinski definition) is 0. The highest BCUT2D eigenvalue weighted by Gasteiger charge is 2.62. The zero-order valence-corrected chi connectivity index (χ0v) is 77.9. The molecule has 8 aliphatic heterocycles. The Hall–Kier alpha value is -11.9. The lowest BCUT2D eigenvalue weighted by Gasteiger charge is -2.25. The summed E-state index contributed by atoms with van der Waals surface area (Å²) < 4.78 is 224. The Bertz CT molecular complexity index is 6850. The molecule has 12 aliphatic rings. The molecule has 4 atom stereocenters. The van der Waals surface area contributed by atoms with Crippen molar-refractivity contribution in [2.45, 2.75) is 198 Å². The SMILES string of the molecule is Cc1cc(-c2ccc(F)c(CCC(=O)[C@@H]3C4CC(C4)N3S(=O)(=O)c3ccc(F)cc3)c2)n(C)n1.Cc1ccc(-c2cc(F)cc(CCC(=O)[C@@H]3C4CC(C4)N3S(=O)(=O)c3ccc(F)cc3)c2)cn1.Cc1ccc(-c2ccc(F)c(CCC(=O)[C@@H]3C4CC(C4)N3S(=O)(=O)c3ccc(F)cc3)c2)cn1.Cc1ncc(-c2cc(F)cc(CCC(=O)[C@@H]3C4CC(C4)N3S(=O)(=O)c3ccc(F)cc3)c2)cn1. The number of nitrogens with zero attached hydrogens (tertiary/aromatic N) is 10. The molecule has 0 spiro atoms. The summed E-state index contributed by atoms with van der Waals surface area (Å²) in [4.78, 5) is 69.6. The largest absolute Gasteiger partial charge is 0.298 e. The van der Waals surface area contributed by atoms with Gasteiger partial charge in [0.1, 0.15) is 52.4 Å². The van der Waals surface area contributed by atoms with Gasteiger partial charge in [-0.25, -0.2) is 78.8 Å². The van der Waals surface area contributed by atoms with Crippen molar-refractivity contribution in [1.82, 2.24) is 46.9 Å². The van der Waals surface area contributed by atoms with Crippen LogP contribution in [0, 0.1) is 97.9 Å². The molecular weight excluding hydrogens is 1840 g/mol. The van der Waals surface area contributed by atoms with Crippen LogP contribution < -0.4 is 0 Å². The van der Waals surface area contributed by atoms with Crippen molar-refractivity contribution in [2.75, 3.05) is 0 Å². The van der Waals surface area contributed by atoms with E-state index in [1.807, 2.05) is 64.2 Å². The van der Waals surface area contributed by atoms with Crippen molar-refractivity contribution in [2.24, 2.45) is 30.7 Å². The number of benzene rings is 8. The summed E-state index contributed by atoms with van der Waals surface area (Å²) >= 11 is 0. The number of fused-ring (bicyclic) bond motifs is 4. The smallest absolute Gasteiger partial charge is 0.243 e. The minimum atomic E-state index is -3.93. The van der Waals surface area contributed by atoms with Crippen LogP contribution in [0.4, 0.5) is 35.1 Å². The van der Waals surface area contributed by atoms with Crippen molar-refractivity contribution < 1.29 is 88.0 Å². The van der Waals surface area contributed by atoms with E-state index in [-0.39, 0.29) is 135 Å². The summed E-state index contributed by atoms with van der Waals surface area (Å²) in [5, 5.41) is 4.33. The Morgan fingerprint density at radius 2 is 0.596 bits per heavy atom. The fourth-order valence-corrected chi connectivity index (χ4v) is 27.7. The van der Waals surface area contributed by atoms with Gasteiger partial charge in [-0.15, -0.1) is 0 Å². The molecule has 706 valence electrons. The van der Waals surface area contributed by atoms with Crippen LogP contribution in [0.3, 0.4) is 0 Å². The number of Topliss-reactive ketones (excluding diaryl/α,β-unsaturated/α-hetero) is 4. The maximum absolute atomic E-state index is 14.6. The molecule has 8 aromatic carbocycles. The van der Waals surface area contributed by atoms with E-state index in [0.29, 0.717) is 103 Å². The van der Waals surface area contributed by atoms with Crippen LogP contribution in [0.1, 0.15) is 122 Å². The van der Waals surface area contributed by atoms with Crippen LogP contribution >= 0.6 is 0 Å². The second kappa shape index (κ2) is 38.9. The van der Waals surface area contributed by atoms with Gasteiger partial charge in [0.2, 0.25) is 40.1 Å². The minimum absolute atomic E-state index is 0.00516. The van der Waals surface area contributed by atoms with E-state index in [0.717, 1.165) is 93.6 Å². The molecular formula is C102H96F8N10O12S4. The number of pyridine rings is 2. The topological polar surface area (TPSA) is 287 Å². The van der Waals surface area contributed by atoms with Gasteiger partial charge >= 0.3 is 0 Å². The molecule has 8 saturated heterocycles. The number of aromatic nitrogens is 6. The number of sulfonamides is 4. The Kier molecular flexibility index (Phi) is 27.4. The Balaban J connectivity index is 0.000000126. The van der Waals surface area contributed by atoms with Crippen LogP contribution in [-0.2, 0) is 92.0 Å². The lowest BCUT2D eigenvalue weighted by Crippen LogP contribution is -2.41. The molecule has 4 aromatic heterocycles. The van der Waals surface area contributed by atoms with Gasteiger partial charge in [-0.05, 0) is 337 Å². The Morgan fingerprint density at radius 3 is 0.912 bits per heavy atom. The third-order valence-corrected chi connectivity index (χ3v) is 35.1. The van der Waals surface area contributed by atoms with Gasteiger partial charge in [0, 0.05) is 115 Å². The van der Waals surface area contributed by atoms with Gasteiger partial charge in [-0.2, -0.15) is 22.3 Å². The lowest BCUT2D eigenvalue weighted by molar-refractivity contribution is -0.123. The summed E-state index contributed by atoms with van der Waals surface area (Å²) in [7, 11) is -13.9. The summed E-state index contributed by atoms with van der Waals surface area (Å²) in [5.74, 6) is -3.95. The van der Waals surface area contributed by atoms with Gasteiger partial charge in [0.15, 0.2) is 23.1 Å². The maximum Gasteiger partial charge on any atom is 0.243 e. The number of carbonyl (C=O) groups excluding carboxylic acids is 4. The lowest BCUT2D eigenvalue weighted by atomic mass is 9.81. The fraction of sp³-hybridized carbons (Fsp3) is 0.324. The number of rotatable bonds is 28. The average Bonchev–Trinajstić information content (AvgIpc) is 1.58. The van der Waals surface area contributed by atoms with E-state index in [1.165, 1.54) is 102 Å². The monoisotopic (exact) mass is 1930 g/mol. The molecule has 0 N–H and O–H groups in total. The van der Waals surface area contributed by atoms with E-state index < -0.39 is 111 Å². The van der Waals surface area contributed by atoms with Crippen LogP contribution in [-0.4, -0.2) is 152 Å². The van der Waals surface area contributed by atoms with Gasteiger partial charge in [0.05, 0.1) is 55.1 Å². The number of ketones is 4. The molecule has 8 bridgehead atoms. The molecule has 0 unspecified atom stereocenters. The molecule has 4 saturated carbocycles. The number of carbonyl (C=O) groups is 4. The second-order valence-electron chi connectivity index (χ2n) is 36.3. The zero-order valence-electron chi connectivity index (χ0n) is 74.6. The number of halogens is 8. The number of aryl methyl sites for hydroxylation is 9. The summed E-state index contributed by atoms with van der Waals surface area (Å²) in [6.45, 7) is 7.41. The quantitative estimate of drug-likeness (QED) is 0.0412. The summed E-state index contributed by atoms with van der Waals surface area (Å²) in [6.07, 6.45) is 13.0. The first kappa shape index (κ1) is 95.8. The molecule has 4 aliphatic carbocycles. The van der Waals surface area contributed by atoms with Crippen molar-refractivity contribution >= 4 is 63.2 Å². The standard InChI is InChI=1S/2C26H24F2N2O3S.C25H25F2N3O3S.C25H23F2N3O3S/c1-16-2-4-18(15-29-16)19-10-17(11-22(28)12-19)3-9-25(31)26-20-13-23(14-20)30(26)34(32,33)24-7-5-21(27)6-8-24;1-16-2-3-19(15-29-16)17-4-10-24(28)18(12-17)5-11-25(31)26-20-13-22(14-20)30(26)34(32,33)23-8-6-21(27)7-9-23;1-15-11-23(29(2)28-15)17-3-9-22(27)16(12-17)4-10-24(31)25-18-13-20(14-18)30(25)34(32,33)21-7-5-19(26)6-8-21;1-15-28-13-19(14-29-15)17-8-16(9-21(27)10-17)2-7-24(31)25-18-11-22(12-18)30(25)34(32,33)23-5-3-20(26)4-6-23/h2,4-8,10-12,15,20,23,26H,3,9,13-14H2,1H3;2-4,6-10,12,15,20,22,26H,5,11,13-14H2,1H3;3,5-9,11-12,18,20,25H,4,10,13-14H2,1-2H3;3-6,8-10,13-14,18,22,25H,2,7,11-12H2,1H3/t20?,23?,26-;20?,22?,26-;18?,20?,25-;18?,22?,25-/m0000/s1. The second-order valence-corrected chi connectivity index (χ2v) is 43.7. The van der Waals surface area contributed by atoms with Gasteiger partial charge in [-0.1, -0.05) is 30.3 Å². The van der Waals surface area contributed by atoms with E-state index in [1.54, 1.807) is 66.7 Å². The first-order valence-electron chi connectivity index (χ1n) is 44.9. The predicted molar refractivity (Wildman–Crippen MR) is 490 cm³/mol. The highest BCUT2D eigenvalue weighted by molar-refractivity contribution is 7.90. The highest BCUT2D eigenvalue weighted by atomic mass is 32.2. The molecule has 22 nitrogen and oxygen atoms in total. The van der Waals surface area contributed by atoms with Crippen molar-refractivity contribution in [3.8, 4) is 44.6 Å². The average molecular weight is 1930 g/mol. The van der Waals surface area contributed by atoms with Crippen molar-refractivity contribution in [3.05, 3.63) is 317 Å². The highest BCUT2D eigenvalue weighted by Crippen LogP contribution is 2.54. The molecule has 0 radical (unpaired) electrons. The third kappa shape index (κ3) is 19.9. The summed E-state index contributed by atoms with van der Waals surface area (Å²) in [6, 6.07) is 43.0. The first-order chi connectivity index (χ1) is 64.8. The fourth-order valence-electron chi connectivity index (χ4n) is 20.2. The molecule has 12 heterocycles. The van der Waals surface area contributed by atoms with E-state index in [4.69, 9.17) is 0 Å². The van der Waals surface area contributed by atoms with Crippen molar-refractivity contribution in [3.63, 3.8) is 0 Å². The third-order valence-electron chi connectivity index (χ3n) is 27.3. The van der Waals surface area contributed by atoms with Gasteiger partial charge in [0.25, 0.3) is 0 Å². The van der Waals surface area contributed by atoms with Crippen LogP contribution in [0.5, 0.6) is 0 Å². The normalized spacial score (nSPS) is 21.9. The van der Waals surface area contributed by atoms with Crippen LogP contribution in [0.2, 0.25) is 0 Å². The molecule has 12 fully saturated rings. The van der Waals surface area contributed by atoms with Crippen LogP contribution in [0.25, 0.3) is 44.6 Å². The van der Waals surface area contributed by atoms with Crippen molar-refractivity contribution in [1.29, 1.82) is 0 Å². The zero-order chi connectivity index (χ0) is 96.3. The van der Waals surface area contributed by atoms with E-state index in [2.05, 4.69) is 25.0 Å². The van der Waals surface area contributed by atoms with Gasteiger partial charge in [-0.3, -0.25) is 33.8 Å². The first-order valence-corrected chi connectivity index (χ1v) is 50.7. The van der Waals surface area contributed by atoms with Crippen LogP contribution in [0.15, 0.2) is 245 Å². The molecule has 12 aromatic rings. The maximum atomic E-state index is 14.6. The molecule has 136 heavy (non-hydrogen) atoms. The van der Waals surface area contributed by atoms with E-state index in [9.17, 15) is 88.0 Å². The minimum Gasteiger partial charge on any atom is -0.298 e. The predicted octanol–water partition coefficient (Wildman–Crippen LogP) is 17.5. The van der Waals surface area contributed by atoms with E-state index >= 15 is 0 Å². The van der Waals surface area contributed by atoms with Gasteiger partial charge < -0.3 is 0 Å². The molecule has 24 rings (SSSR count). The molecule has 34 heteroatoms. The Morgan fingerprint density at radius 1 is 0.301 bits per heavy atom. The number of hydrogen-bond acceptors (Lipinski definition) is 17. The summed E-state index contributed by atoms with van der Waals surface area (Å²) in [5.41, 5.74) is 10.8. The molecule has 0 amide bonds. The Labute approximate surface area is 783 Å².